The lowest BCUT2D eigenvalue weighted by molar-refractivity contribution is -0.140. The highest BCUT2D eigenvalue weighted by Crippen LogP contribution is 2.22. The highest BCUT2D eigenvalue weighted by molar-refractivity contribution is 7.92. The molecule has 3 aromatic rings. The van der Waals surface area contributed by atoms with Gasteiger partial charge in [0.25, 0.3) is 0 Å². The maximum Gasteiger partial charge on any atom is 0.244 e. The monoisotopic (exact) mass is 543 g/mol. The maximum absolute atomic E-state index is 14.0. The van der Waals surface area contributed by atoms with Crippen molar-refractivity contribution < 1.29 is 26.8 Å². The average molecular weight is 544 g/mol. The van der Waals surface area contributed by atoms with Crippen LogP contribution in [-0.2, 0) is 32.6 Å². The Morgan fingerprint density at radius 3 is 2.05 bits per heavy atom. The largest absolute Gasteiger partial charge is 0.354 e. The normalized spacial score (nSPS) is 12.0. The van der Waals surface area contributed by atoms with E-state index >= 15 is 0 Å². The number of hydrogen-bond acceptors (Lipinski definition) is 4. The first-order valence-corrected chi connectivity index (χ1v) is 14.0. The standard InChI is InChI=1S/C28H31F2N3O4S/c1-3-16-31-28(35)26(17-21-10-6-4-7-11-21)32(19-22-12-8-5-9-13-22)27(34)20-33(38(2,36)37)23-14-15-24(29)25(30)18-23/h4-15,18,26H,3,16-17,19-20H2,1-2H3,(H,31,35)/t26-/m1/s1. The number of sulfonamides is 1. The summed E-state index contributed by atoms with van der Waals surface area (Å²) >= 11 is 0. The first kappa shape index (κ1) is 28.8. The molecule has 10 heteroatoms. The molecule has 0 bridgehead atoms. The third-order valence-corrected chi connectivity index (χ3v) is 7.03. The van der Waals surface area contributed by atoms with Crippen LogP contribution in [0.15, 0.2) is 78.9 Å². The molecule has 0 aliphatic rings. The average Bonchev–Trinajstić information content (AvgIpc) is 2.90. The summed E-state index contributed by atoms with van der Waals surface area (Å²) in [6.45, 7) is 1.64. The zero-order valence-electron chi connectivity index (χ0n) is 21.3. The molecule has 7 nitrogen and oxygen atoms in total. The molecule has 0 aliphatic heterocycles. The highest BCUT2D eigenvalue weighted by atomic mass is 32.2. The van der Waals surface area contributed by atoms with Crippen LogP contribution in [0.5, 0.6) is 0 Å². The molecule has 0 radical (unpaired) electrons. The van der Waals surface area contributed by atoms with Gasteiger partial charge in [-0.05, 0) is 29.7 Å². The van der Waals surface area contributed by atoms with Gasteiger partial charge in [-0.3, -0.25) is 13.9 Å². The van der Waals surface area contributed by atoms with Crippen molar-refractivity contribution >= 4 is 27.5 Å². The van der Waals surface area contributed by atoms with Crippen LogP contribution in [0, 0.1) is 11.6 Å². The Morgan fingerprint density at radius 2 is 1.50 bits per heavy atom. The van der Waals surface area contributed by atoms with Gasteiger partial charge >= 0.3 is 0 Å². The van der Waals surface area contributed by atoms with E-state index in [2.05, 4.69) is 5.32 Å². The van der Waals surface area contributed by atoms with Crippen molar-refractivity contribution in [2.24, 2.45) is 0 Å². The molecular formula is C28H31F2N3O4S. The van der Waals surface area contributed by atoms with Gasteiger partial charge in [0.15, 0.2) is 11.6 Å². The number of carbonyl (C=O) groups excluding carboxylic acids is 2. The number of rotatable bonds is 12. The van der Waals surface area contributed by atoms with E-state index in [1.807, 2.05) is 43.3 Å². The van der Waals surface area contributed by atoms with Crippen molar-refractivity contribution in [1.82, 2.24) is 10.2 Å². The molecule has 202 valence electrons. The molecule has 0 fully saturated rings. The molecule has 0 aromatic heterocycles. The third kappa shape index (κ3) is 7.85. The molecule has 0 saturated carbocycles. The lowest BCUT2D eigenvalue weighted by atomic mass is 10.0. The fourth-order valence-corrected chi connectivity index (χ4v) is 4.80. The molecule has 3 aromatic carbocycles. The predicted octanol–water partition coefficient (Wildman–Crippen LogP) is 3.90. The van der Waals surface area contributed by atoms with Crippen LogP contribution < -0.4 is 9.62 Å². The van der Waals surface area contributed by atoms with E-state index in [0.29, 0.717) is 17.3 Å². The summed E-state index contributed by atoms with van der Waals surface area (Å²) in [4.78, 5) is 28.5. The van der Waals surface area contributed by atoms with Crippen LogP contribution in [0.3, 0.4) is 0 Å². The molecule has 0 heterocycles. The van der Waals surface area contributed by atoms with E-state index in [9.17, 15) is 26.8 Å². The van der Waals surface area contributed by atoms with Crippen molar-refractivity contribution in [2.75, 3.05) is 23.7 Å². The zero-order valence-corrected chi connectivity index (χ0v) is 22.1. The molecular weight excluding hydrogens is 512 g/mol. The molecule has 0 spiro atoms. The van der Waals surface area contributed by atoms with Crippen molar-refractivity contribution in [3.05, 3.63) is 102 Å². The Kier molecular flexibility index (Phi) is 9.95. The fraction of sp³-hybridized carbons (Fsp3) is 0.286. The van der Waals surface area contributed by atoms with Crippen molar-refractivity contribution in [3.63, 3.8) is 0 Å². The molecule has 1 atom stereocenters. The molecule has 38 heavy (non-hydrogen) atoms. The summed E-state index contributed by atoms with van der Waals surface area (Å²) in [5, 5.41) is 2.85. The van der Waals surface area contributed by atoms with E-state index < -0.39 is 40.2 Å². The Balaban J connectivity index is 2.03. The summed E-state index contributed by atoms with van der Waals surface area (Å²) < 4.78 is 53.5. The molecule has 0 saturated heterocycles. The van der Waals surface area contributed by atoms with Crippen LogP contribution in [-0.4, -0.2) is 50.5 Å². The summed E-state index contributed by atoms with van der Waals surface area (Å²) in [7, 11) is -4.07. The highest BCUT2D eigenvalue weighted by Gasteiger charge is 2.33. The summed E-state index contributed by atoms with van der Waals surface area (Å²) in [5.41, 5.74) is 1.35. The number of amides is 2. The second-order valence-corrected chi connectivity index (χ2v) is 10.8. The number of hydrogen-bond donors (Lipinski definition) is 1. The van der Waals surface area contributed by atoms with Gasteiger partial charge in [0.05, 0.1) is 11.9 Å². The van der Waals surface area contributed by atoms with E-state index in [1.54, 1.807) is 24.3 Å². The molecule has 2 amide bonds. The van der Waals surface area contributed by atoms with Gasteiger partial charge in [0.1, 0.15) is 12.6 Å². The zero-order chi connectivity index (χ0) is 27.7. The van der Waals surface area contributed by atoms with Crippen molar-refractivity contribution in [2.45, 2.75) is 32.4 Å². The van der Waals surface area contributed by atoms with Crippen LogP contribution in [0.2, 0.25) is 0 Å². The topological polar surface area (TPSA) is 86.8 Å². The van der Waals surface area contributed by atoms with E-state index in [4.69, 9.17) is 0 Å². The van der Waals surface area contributed by atoms with Gasteiger partial charge in [-0.15, -0.1) is 0 Å². The van der Waals surface area contributed by atoms with E-state index in [0.717, 1.165) is 35.6 Å². The minimum atomic E-state index is -4.07. The second kappa shape index (κ2) is 13.1. The van der Waals surface area contributed by atoms with Gasteiger partial charge in [-0.2, -0.15) is 0 Å². The van der Waals surface area contributed by atoms with E-state index in [-0.39, 0.29) is 24.6 Å². The van der Waals surface area contributed by atoms with Crippen LogP contribution in [0.4, 0.5) is 14.5 Å². The third-order valence-electron chi connectivity index (χ3n) is 5.89. The van der Waals surface area contributed by atoms with Crippen molar-refractivity contribution in [3.8, 4) is 0 Å². The van der Waals surface area contributed by atoms with Gasteiger partial charge < -0.3 is 10.2 Å². The predicted molar refractivity (Wildman–Crippen MR) is 143 cm³/mol. The maximum atomic E-state index is 14.0. The number of carbonyl (C=O) groups is 2. The summed E-state index contributed by atoms with van der Waals surface area (Å²) in [5.74, 6) is -3.43. The van der Waals surface area contributed by atoms with Gasteiger partial charge in [-0.1, -0.05) is 67.6 Å². The fourth-order valence-electron chi connectivity index (χ4n) is 3.95. The minimum absolute atomic E-state index is 0.0338. The summed E-state index contributed by atoms with van der Waals surface area (Å²) in [6.07, 6.45) is 1.76. The summed E-state index contributed by atoms with van der Waals surface area (Å²) in [6, 6.07) is 19.8. The van der Waals surface area contributed by atoms with Crippen LogP contribution >= 0.6 is 0 Å². The Morgan fingerprint density at radius 1 is 0.895 bits per heavy atom. The number of nitrogens with one attached hydrogen (secondary N) is 1. The number of nitrogens with zero attached hydrogens (tertiary/aromatic N) is 2. The Hall–Kier alpha value is -3.79. The first-order valence-electron chi connectivity index (χ1n) is 12.2. The van der Waals surface area contributed by atoms with Gasteiger partial charge in [-0.25, -0.2) is 17.2 Å². The van der Waals surface area contributed by atoms with Gasteiger partial charge in [0, 0.05) is 25.6 Å². The number of benzene rings is 3. The molecule has 3 rings (SSSR count). The lowest BCUT2D eigenvalue weighted by Crippen LogP contribution is -2.53. The minimum Gasteiger partial charge on any atom is -0.354 e. The van der Waals surface area contributed by atoms with Gasteiger partial charge in [0.2, 0.25) is 21.8 Å². The molecule has 0 unspecified atom stereocenters. The smallest absolute Gasteiger partial charge is 0.244 e. The lowest BCUT2D eigenvalue weighted by Gasteiger charge is -2.33. The van der Waals surface area contributed by atoms with Crippen LogP contribution in [0.25, 0.3) is 0 Å². The van der Waals surface area contributed by atoms with E-state index in [1.165, 1.54) is 4.90 Å². The molecule has 0 aliphatic carbocycles. The Labute approximate surface area is 222 Å². The molecule has 1 N–H and O–H groups in total. The Bertz CT molecular complexity index is 1340. The first-order chi connectivity index (χ1) is 18.1. The SMILES string of the molecule is CCCNC(=O)[C@@H](Cc1ccccc1)N(Cc1ccccc1)C(=O)CN(c1ccc(F)c(F)c1)S(C)(=O)=O. The van der Waals surface area contributed by atoms with Crippen LogP contribution in [0.1, 0.15) is 24.5 Å². The van der Waals surface area contributed by atoms with Crippen molar-refractivity contribution in [1.29, 1.82) is 0 Å². The number of halogens is 2. The second-order valence-electron chi connectivity index (χ2n) is 8.87. The number of anilines is 1. The quantitative estimate of drug-likeness (QED) is 0.376.